The predicted molar refractivity (Wildman–Crippen MR) is 127 cm³/mol. The molecule has 0 bridgehead atoms. The molecule has 2 unspecified atom stereocenters. The van der Waals surface area contributed by atoms with Gasteiger partial charge in [0.1, 0.15) is 24.2 Å². The molecule has 1 aromatic carbocycles. The number of amides is 3. The maximum absolute atomic E-state index is 13.7. The average Bonchev–Trinajstić information content (AvgIpc) is 2.71. The van der Waals surface area contributed by atoms with Gasteiger partial charge in [0.05, 0.1) is 6.07 Å². The third-order valence-electron chi connectivity index (χ3n) is 5.00. The number of aryl methyl sites for hydroxylation is 1. The molecule has 1 rings (SSSR count). The molecule has 1 aromatic rings. The first-order valence-corrected chi connectivity index (χ1v) is 11.4. The molecular formula is C25H38N4O4. The number of nitriles is 1. The summed E-state index contributed by atoms with van der Waals surface area (Å²) in [5.74, 6) is -1.18. The van der Waals surface area contributed by atoms with Crippen molar-refractivity contribution in [1.82, 2.24) is 15.5 Å². The average molecular weight is 459 g/mol. The van der Waals surface area contributed by atoms with Gasteiger partial charge in [-0.15, -0.1) is 0 Å². The summed E-state index contributed by atoms with van der Waals surface area (Å²) in [6.07, 6.45) is 0.977. The summed E-state index contributed by atoms with van der Waals surface area (Å²) in [6.45, 7) is 12.8. The zero-order valence-corrected chi connectivity index (χ0v) is 20.9. The number of carbonyl (C=O) groups excluding carboxylic acids is 3. The number of nitrogens with one attached hydrogen (secondary N) is 2. The Morgan fingerprint density at radius 3 is 2.33 bits per heavy atom. The number of unbranched alkanes of at least 4 members (excludes halogenated alkanes) is 1. The normalized spacial score (nSPS) is 12.9. The lowest BCUT2D eigenvalue weighted by molar-refractivity contribution is -0.142. The second-order valence-electron chi connectivity index (χ2n) is 9.40. The SMILES string of the molecule is CCCCNC(=O)C(c1ccccc1C)N(CC#N)C(=O)C(NC(=O)OC(C)(C)C)C(C)C. The third-order valence-corrected chi connectivity index (χ3v) is 5.00. The highest BCUT2D eigenvalue weighted by atomic mass is 16.6. The van der Waals surface area contributed by atoms with Crippen molar-refractivity contribution in [2.24, 2.45) is 5.92 Å². The Morgan fingerprint density at radius 2 is 1.82 bits per heavy atom. The van der Waals surface area contributed by atoms with Crippen LogP contribution in [0.25, 0.3) is 0 Å². The minimum Gasteiger partial charge on any atom is -0.444 e. The molecule has 3 amide bonds. The van der Waals surface area contributed by atoms with Crippen molar-refractivity contribution in [3.05, 3.63) is 35.4 Å². The molecule has 0 saturated carbocycles. The Hall–Kier alpha value is -3.08. The molecule has 0 aliphatic carbocycles. The molecule has 8 nitrogen and oxygen atoms in total. The van der Waals surface area contributed by atoms with Crippen molar-refractivity contribution >= 4 is 17.9 Å². The number of ether oxygens (including phenoxy) is 1. The molecule has 0 spiro atoms. The Kier molecular flexibility index (Phi) is 10.9. The maximum Gasteiger partial charge on any atom is 0.408 e. The van der Waals surface area contributed by atoms with E-state index in [-0.39, 0.29) is 18.4 Å². The summed E-state index contributed by atoms with van der Waals surface area (Å²) in [5.41, 5.74) is 0.726. The van der Waals surface area contributed by atoms with Crippen LogP contribution in [0.1, 0.15) is 71.6 Å². The summed E-state index contributed by atoms with van der Waals surface area (Å²) in [6, 6.07) is 7.32. The summed E-state index contributed by atoms with van der Waals surface area (Å²) >= 11 is 0. The summed E-state index contributed by atoms with van der Waals surface area (Å²) < 4.78 is 5.32. The van der Waals surface area contributed by atoms with Gasteiger partial charge in [-0.3, -0.25) is 9.59 Å². The van der Waals surface area contributed by atoms with E-state index in [0.717, 1.165) is 18.4 Å². The molecular weight excluding hydrogens is 420 g/mol. The fraction of sp³-hybridized carbons (Fsp3) is 0.600. The minimum absolute atomic E-state index is 0.299. The zero-order valence-electron chi connectivity index (χ0n) is 20.9. The van der Waals surface area contributed by atoms with E-state index in [1.807, 2.05) is 32.0 Å². The summed E-state index contributed by atoms with van der Waals surface area (Å²) in [7, 11) is 0. The molecule has 0 aromatic heterocycles. The van der Waals surface area contributed by atoms with Crippen LogP contribution in [-0.2, 0) is 14.3 Å². The number of hydrogen-bond donors (Lipinski definition) is 2. The standard InChI is InChI=1S/C25H38N4O4/c1-8-9-15-27-22(30)21(19-13-11-10-12-18(19)4)29(16-14-26)23(31)20(17(2)3)28-24(32)33-25(5,6)7/h10-13,17,20-21H,8-9,15-16H2,1-7H3,(H,27,30)(H,28,32). The second kappa shape index (κ2) is 12.8. The van der Waals surface area contributed by atoms with Crippen LogP contribution in [0, 0.1) is 24.2 Å². The van der Waals surface area contributed by atoms with E-state index in [1.54, 1.807) is 46.8 Å². The molecule has 182 valence electrons. The zero-order chi connectivity index (χ0) is 25.2. The van der Waals surface area contributed by atoms with Gasteiger partial charge in [0.25, 0.3) is 0 Å². The van der Waals surface area contributed by atoms with E-state index in [4.69, 9.17) is 4.74 Å². The van der Waals surface area contributed by atoms with Crippen molar-refractivity contribution in [3.63, 3.8) is 0 Å². The van der Waals surface area contributed by atoms with Crippen LogP contribution in [0.3, 0.4) is 0 Å². The van der Waals surface area contributed by atoms with Gasteiger partial charge >= 0.3 is 6.09 Å². The number of hydrogen-bond acceptors (Lipinski definition) is 5. The molecule has 2 atom stereocenters. The number of benzene rings is 1. The monoisotopic (exact) mass is 458 g/mol. The van der Waals surface area contributed by atoms with Crippen LogP contribution >= 0.6 is 0 Å². The number of rotatable bonds is 10. The molecule has 33 heavy (non-hydrogen) atoms. The van der Waals surface area contributed by atoms with Crippen LogP contribution in [-0.4, -0.2) is 47.5 Å². The molecule has 2 N–H and O–H groups in total. The lowest BCUT2D eigenvalue weighted by Gasteiger charge is -2.34. The number of carbonyl (C=O) groups is 3. The maximum atomic E-state index is 13.7. The molecule has 0 saturated heterocycles. The van der Waals surface area contributed by atoms with E-state index in [1.165, 1.54) is 4.90 Å². The second-order valence-corrected chi connectivity index (χ2v) is 9.40. The highest BCUT2D eigenvalue weighted by Gasteiger charge is 2.37. The van der Waals surface area contributed by atoms with Gasteiger partial charge in [-0.25, -0.2) is 4.79 Å². The Balaban J connectivity index is 3.38. The fourth-order valence-electron chi connectivity index (χ4n) is 3.33. The van der Waals surface area contributed by atoms with Gasteiger partial charge in [0.15, 0.2) is 0 Å². The molecule has 0 heterocycles. The van der Waals surface area contributed by atoms with Gasteiger partial charge in [-0.05, 0) is 51.2 Å². The van der Waals surface area contributed by atoms with E-state index < -0.39 is 29.7 Å². The van der Waals surface area contributed by atoms with Crippen molar-refractivity contribution < 1.29 is 19.1 Å². The van der Waals surface area contributed by atoms with Crippen molar-refractivity contribution in [1.29, 1.82) is 5.26 Å². The largest absolute Gasteiger partial charge is 0.444 e. The van der Waals surface area contributed by atoms with E-state index >= 15 is 0 Å². The van der Waals surface area contributed by atoms with Gasteiger partial charge in [-0.2, -0.15) is 5.26 Å². The van der Waals surface area contributed by atoms with Crippen LogP contribution in [0.4, 0.5) is 4.79 Å². The van der Waals surface area contributed by atoms with E-state index in [0.29, 0.717) is 12.1 Å². The highest BCUT2D eigenvalue weighted by Crippen LogP contribution is 2.26. The van der Waals surface area contributed by atoms with Crippen LogP contribution < -0.4 is 10.6 Å². The molecule has 8 heteroatoms. The quantitative estimate of drug-likeness (QED) is 0.409. The highest BCUT2D eigenvalue weighted by molar-refractivity contribution is 5.92. The lowest BCUT2D eigenvalue weighted by Crippen LogP contribution is -2.55. The van der Waals surface area contributed by atoms with Crippen molar-refractivity contribution in [2.75, 3.05) is 13.1 Å². The van der Waals surface area contributed by atoms with Crippen molar-refractivity contribution in [3.8, 4) is 6.07 Å². The van der Waals surface area contributed by atoms with Gasteiger partial charge in [0, 0.05) is 6.54 Å². The first-order valence-electron chi connectivity index (χ1n) is 11.4. The molecule has 0 aliphatic heterocycles. The summed E-state index contributed by atoms with van der Waals surface area (Å²) in [4.78, 5) is 40.6. The van der Waals surface area contributed by atoms with Gasteiger partial charge in [0.2, 0.25) is 11.8 Å². The smallest absolute Gasteiger partial charge is 0.408 e. The Labute approximate surface area is 197 Å². The third kappa shape index (κ3) is 8.76. The molecule has 0 fully saturated rings. The molecule has 0 radical (unpaired) electrons. The fourth-order valence-corrected chi connectivity index (χ4v) is 3.33. The lowest BCUT2D eigenvalue weighted by atomic mass is 9.96. The molecule has 0 aliphatic rings. The van der Waals surface area contributed by atoms with Gasteiger partial charge in [-0.1, -0.05) is 51.5 Å². The Bertz CT molecular complexity index is 855. The number of nitrogens with zero attached hydrogens (tertiary/aromatic N) is 2. The topological polar surface area (TPSA) is 112 Å². The predicted octanol–water partition coefficient (Wildman–Crippen LogP) is 3.85. The van der Waals surface area contributed by atoms with Gasteiger partial charge < -0.3 is 20.3 Å². The van der Waals surface area contributed by atoms with E-state index in [2.05, 4.69) is 10.6 Å². The minimum atomic E-state index is -1.00. The first-order chi connectivity index (χ1) is 15.4. The van der Waals surface area contributed by atoms with E-state index in [9.17, 15) is 19.6 Å². The summed E-state index contributed by atoms with van der Waals surface area (Å²) in [5, 5.41) is 15.0. The first kappa shape index (κ1) is 28.0. The van der Waals surface area contributed by atoms with Crippen LogP contribution in [0.15, 0.2) is 24.3 Å². The van der Waals surface area contributed by atoms with Crippen LogP contribution in [0.5, 0.6) is 0 Å². The van der Waals surface area contributed by atoms with Crippen molar-refractivity contribution in [2.45, 2.75) is 79.0 Å². The Morgan fingerprint density at radius 1 is 1.18 bits per heavy atom. The number of alkyl carbamates (subject to hydrolysis) is 1. The van der Waals surface area contributed by atoms with Crippen LogP contribution in [0.2, 0.25) is 0 Å².